The standard InChI is InChI=1S/C31H38O/c1-4-6-8-10-26-15-17-28(18-16-26)30-20-19-29(24(3)21-30)23-31(32)22-27-13-11-25(12-14-27)9-7-5-2/h11-21H,4-10,22-23H2,1-3H3. The predicted octanol–water partition coefficient (Wildman–Crippen LogP) is 8.09. The van der Waals surface area contributed by atoms with Crippen LogP contribution < -0.4 is 0 Å². The lowest BCUT2D eigenvalue weighted by molar-refractivity contribution is -0.117. The van der Waals surface area contributed by atoms with Crippen LogP contribution in [0.2, 0.25) is 0 Å². The molecule has 3 rings (SSSR count). The highest BCUT2D eigenvalue weighted by atomic mass is 16.1. The fourth-order valence-electron chi connectivity index (χ4n) is 4.22. The number of carbonyl (C=O) groups is 1. The maximum atomic E-state index is 12.7. The lowest BCUT2D eigenvalue weighted by Crippen LogP contribution is -2.08. The van der Waals surface area contributed by atoms with E-state index in [9.17, 15) is 4.79 Å². The fourth-order valence-corrected chi connectivity index (χ4v) is 4.22. The van der Waals surface area contributed by atoms with E-state index >= 15 is 0 Å². The molecule has 0 aromatic heterocycles. The molecule has 1 heteroatoms. The Morgan fingerprint density at radius 2 is 1.19 bits per heavy atom. The third-order valence-corrected chi connectivity index (χ3v) is 6.33. The van der Waals surface area contributed by atoms with Gasteiger partial charge in [0.15, 0.2) is 0 Å². The van der Waals surface area contributed by atoms with Crippen molar-refractivity contribution >= 4 is 5.78 Å². The molecular weight excluding hydrogens is 388 g/mol. The summed E-state index contributed by atoms with van der Waals surface area (Å²) in [7, 11) is 0. The van der Waals surface area contributed by atoms with E-state index in [1.807, 2.05) is 0 Å². The van der Waals surface area contributed by atoms with Gasteiger partial charge in [0.05, 0.1) is 0 Å². The van der Waals surface area contributed by atoms with E-state index in [4.69, 9.17) is 0 Å². The lowest BCUT2D eigenvalue weighted by atomic mass is 9.94. The van der Waals surface area contributed by atoms with Gasteiger partial charge >= 0.3 is 0 Å². The Morgan fingerprint density at radius 1 is 0.625 bits per heavy atom. The van der Waals surface area contributed by atoms with E-state index in [0.717, 1.165) is 24.0 Å². The summed E-state index contributed by atoms with van der Waals surface area (Å²) in [6.07, 6.45) is 9.55. The Kier molecular flexibility index (Phi) is 9.28. The molecule has 0 aliphatic carbocycles. The molecule has 3 aromatic carbocycles. The third kappa shape index (κ3) is 7.19. The Bertz CT molecular complexity index is 980. The van der Waals surface area contributed by atoms with Crippen molar-refractivity contribution in [1.29, 1.82) is 0 Å². The zero-order valence-corrected chi connectivity index (χ0v) is 20.1. The van der Waals surface area contributed by atoms with Gasteiger partial charge in [0.1, 0.15) is 5.78 Å². The Morgan fingerprint density at radius 3 is 1.81 bits per heavy atom. The molecule has 0 heterocycles. The van der Waals surface area contributed by atoms with Crippen molar-refractivity contribution < 1.29 is 4.79 Å². The first-order valence-corrected chi connectivity index (χ1v) is 12.4. The summed E-state index contributed by atoms with van der Waals surface area (Å²) < 4.78 is 0. The number of carbonyl (C=O) groups excluding carboxylic acids is 1. The van der Waals surface area contributed by atoms with Crippen molar-refractivity contribution in [3.8, 4) is 11.1 Å². The van der Waals surface area contributed by atoms with Crippen molar-refractivity contribution in [2.45, 2.75) is 78.6 Å². The Hall–Kier alpha value is -2.67. The first kappa shape index (κ1) is 24.0. The van der Waals surface area contributed by atoms with Crippen molar-refractivity contribution in [2.75, 3.05) is 0 Å². The van der Waals surface area contributed by atoms with Gasteiger partial charge in [-0.15, -0.1) is 0 Å². The maximum absolute atomic E-state index is 12.7. The highest BCUT2D eigenvalue weighted by molar-refractivity contribution is 5.83. The molecule has 0 atom stereocenters. The van der Waals surface area contributed by atoms with Crippen LogP contribution in [0.5, 0.6) is 0 Å². The van der Waals surface area contributed by atoms with Crippen molar-refractivity contribution in [3.63, 3.8) is 0 Å². The van der Waals surface area contributed by atoms with Crippen molar-refractivity contribution in [1.82, 2.24) is 0 Å². The molecule has 0 amide bonds. The van der Waals surface area contributed by atoms with Gasteiger partial charge in [0.25, 0.3) is 0 Å². The maximum Gasteiger partial charge on any atom is 0.141 e. The fraction of sp³-hybridized carbons (Fsp3) is 0.387. The highest BCUT2D eigenvalue weighted by Crippen LogP contribution is 2.24. The zero-order valence-electron chi connectivity index (χ0n) is 20.1. The number of unbranched alkanes of at least 4 members (excludes halogenated alkanes) is 3. The number of hydrogen-bond donors (Lipinski definition) is 0. The van der Waals surface area contributed by atoms with Gasteiger partial charge in [-0.3, -0.25) is 4.79 Å². The van der Waals surface area contributed by atoms with Crippen LogP contribution in [0.25, 0.3) is 11.1 Å². The molecule has 0 N–H and O–H groups in total. The van der Waals surface area contributed by atoms with Crippen LogP contribution >= 0.6 is 0 Å². The first-order valence-electron chi connectivity index (χ1n) is 12.4. The van der Waals surface area contributed by atoms with Gasteiger partial charge in [-0.1, -0.05) is 99.8 Å². The average Bonchev–Trinajstić information content (AvgIpc) is 2.80. The molecule has 0 aliphatic rings. The molecule has 168 valence electrons. The molecule has 0 saturated carbocycles. The number of aryl methyl sites for hydroxylation is 3. The topological polar surface area (TPSA) is 17.1 Å². The minimum absolute atomic E-state index is 0.276. The van der Waals surface area contributed by atoms with Gasteiger partial charge in [-0.25, -0.2) is 0 Å². The molecule has 0 fully saturated rings. The minimum atomic E-state index is 0.276. The quantitative estimate of drug-likeness (QED) is 0.267. The number of hydrogen-bond acceptors (Lipinski definition) is 1. The van der Waals surface area contributed by atoms with E-state index in [0.29, 0.717) is 12.8 Å². The summed E-state index contributed by atoms with van der Waals surface area (Å²) in [5.41, 5.74) is 8.69. The summed E-state index contributed by atoms with van der Waals surface area (Å²) in [5.74, 6) is 0.276. The second-order valence-electron chi connectivity index (χ2n) is 9.11. The monoisotopic (exact) mass is 426 g/mol. The second kappa shape index (κ2) is 12.4. The minimum Gasteiger partial charge on any atom is -0.299 e. The van der Waals surface area contributed by atoms with Crippen LogP contribution in [0, 0.1) is 6.92 Å². The van der Waals surface area contributed by atoms with Gasteiger partial charge in [0.2, 0.25) is 0 Å². The molecule has 0 unspecified atom stereocenters. The van der Waals surface area contributed by atoms with Crippen LogP contribution in [-0.4, -0.2) is 5.78 Å². The largest absolute Gasteiger partial charge is 0.299 e. The van der Waals surface area contributed by atoms with Crippen molar-refractivity contribution in [2.24, 2.45) is 0 Å². The molecule has 0 saturated heterocycles. The van der Waals surface area contributed by atoms with Crippen LogP contribution in [0.15, 0.2) is 66.7 Å². The molecule has 32 heavy (non-hydrogen) atoms. The molecule has 0 aliphatic heterocycles. The number of Topliss-reactive ketones (excluding diaryl/α,β-unsaturated/α-hetero) is 1. The molecule has 0 radical (unpaired) electrons. The van der Waals surface area contributed by atoms with Gasteiger partial charge < -0.3 is 0 Å². The molecule has 3 aromatic rings. The normalized spacial score (nSPS) is 11.0. The molecule has 0 spiro atoms. The SMILES string of the molecule is CCCCCc1ccc(-c2ccc(CC(=O)Cc3ccc(CCCC)cc3)c(C)c2)cc1. The van der Waals surface area contributed by atoms with Gasteiger partial charge in [-0.2, -0.15) is 0 Å². The van der Waals surface area contributed by atoms with E-state index in [1.54, 1.807) is 0 Å². The molecule has 0 bridgehead atoms. The lowest BCUT2D eigenvalue weighted by Gasteiger charge is -2.10. The van der Waals surface area contributed by atoms with E-state index in [-0.39, 0.29) is 5.78 Å². The summed E-state index contributed by atoms with van der Waals surface area (Å²) in [6.45, 7) is 6.58. The molecule has 1 nitrogen and oxygen atoms in total. The van der Waals surface area contributed by atoms with E-state index in [1.165, 1.54) is 59.9 Å². The summed E-state index contributed by atoms with van der Waals surface area (Å²) in [5, 5.41) is 0. The van der Waals surface area contributed by atoms with Crippen LogP contribution in [0.4, 0.5) is 0 Å². The summed E-state index contributed by atoms with van der Waals surface area (Å²) >= 11 is 0. The molecular formula is C31H38O. The second-order valence-corrected chi connectivity index (χ2v) is 9.11. The number of ketones is 1. The predicted molar refractivity (Wildman–Crippen MR) is 137 cm³/mol. The van der Waals surface area contributed by atoms with Gasteiger partial charge in [-0.05, 0) is 71.6 Å². The Labute approximate surface area is 194 Å². The smallest absolute Gasteiger partial charge is 0.141 e. The van der Waals surface area contributed by atoms with E-state index < -0.39 is 0 Å². The zero-order chi connectivity index (χ0) is 22.8. The van der Waals surface area contributed by atoms with Crippen LogP contribution in [0.1, 0.15) is 73.8 Å². The van der Waals surface area contributed by atoms with E-state index in [2.05, 4.69) is 87.5 Å². The summed E-state index contributed by atoms with van der Waals surface area (Å²) in [4.78, 5) is 12.7. The first-order chi connectivity index (χ1) is 15.6. The van der Waals surface area contributed by atoms with Gasteiger partial charge in [0, 0.05) is 12.8 Å². The number of rotatable bonds is 12. The number of benzene rings is 3. The Balaban J connectivity index is 1.58. The van der Waals surface area contributed by atoms with Crippen molar-refractivity contribution in [3.05, 3.63) is 94.5 Å². The highest BCUT2D eigenvalue weighted by Gasteiger charge is 2.09. The third-order valence-electron chi connectivity index (χ3n) is 6.33. The van der Waals surface area contributed by atoms with Crippen LogP contribution in [0.3, 0.4) is 0 Å². The van der Waals surface area contributed by atoms with Crippen LogP contribution in [-0.2, 0) is 30.5 Å². The summed E-state index contributed by atoms with van der Waals surface area (Å²) in [6, 6.07) is 24.1. The average molecular weight is 427 g/mol.